The molecule has 2 N–H and O–H groups in total. The number of likely N-dealkylation sites (tertiary alicyclic amines) is 1. The van der Waals surface area contributed by atoms with E-state index < -0.39 is 36.5 Å². The molecule has 1 aliphatic rings. The summed E-state index contributed by atoms with van der Waals surface area (Å²) in [6.45, 7) is 5.60. The van der Waals surface area contributed by atoms with E-state index >= 15 is 0 Å². The van der Waals surface area contributed by atoms with Crippen LogP contribution in [0, 0.1) is 5.92 Å². The summed E-state index contributed by atoms with van der Waals surface area (Å²) in [7, 11) is 1.54. The van der Waals surface area contributed by atoms with Crippen LogP contribution in [-0.4, -0.2) is 55.5 Å². The number of unbranched alkanes of at least 4 members (excludes halogenated alkanes) is 1. The largest absolute Gasteiger partial charge is 0.496 e. The summed E-state index contributed by atoms with van der Waals surface area (Å²) in [5.74, 6) is -1.47. The lowest BCUT2D eigenvalue weighted by Crippen LogP contribution is -2.47. The number of carbonyl (C=O) groups excluding carboxylic acids is 4. The van der Waals surface area contributed by atoms with Crippen LogP contribution in [-0.2, 0) is 19.1 Å². The van der Waals surface area contributed by atoms with E-state index in [0.29, 0.717) is 24.3 Å². The van der Waals surface area contributed by atoms with Gasteiger partial charge in [0.05, 0.1) is 19.1 Å². The van der Waals surface area contributed by atoms with E-state index in [4.69, 9.17) is 9.47 Å². The number of nitrogens with one attached hydrogen (secondary N) is 2. The number of esters is 1. The lowest BCUT2D eigenvalue weighted by molar-refractivity contribution is -0.159. The van der Waals surface area contributed by atoms with Gasteiger partial charge < -0.3 is 19.7 Å². The number of urea groups is 1. The van der Waals surface area contributed by atoms with Crippen LogP contribution in [0.1, 0.15) is 44.2 Å². The number of piperidine rings is 1. The average Bonchev–Trinajstić information content (AvgIpc) is 2.80. The summed E-state index contributed by atoms with van der Waals surface area (Å²) in [4.78, 5) is 50.9. The summed E-state index contributed by atoms with van der Waals surface area (Å²) < 4.78 is 10.7. The Balaban J connectivity index is 2.18. The number of hydrogen-bond donors (Lipinski definition) is 2. The molecule has 174 valence electrons. The van der Waals surface area contributed by atoms with Crippen molar-refractivity contribution in [2.45, 2.75) is 38.6 Å². The SMILES string of the molecule is C=CCNC(=O)NC(=O)COC(=O)C1CCC(=O)N(CCCC)C1c1ccccc1OC. The second kappa shape index (κ2) is 12.5. The van der Waals surface area contributed by atoms with Crippen molar-refractivity contribution in [2.24, 2.45) is 5.92 Å². The van der Waals surface area contributed by atoms with Crippen molar-refractivity contribution in [3.8, 4) is 5.75 Å². The third-order valence-corrected chi connectivity index (χ3v) is 5.22. The molecular formula is C23H31N3O6. The first kappa shape index (κ1) is 24.9. The van der Waals surface area contributed by atoms with Gasteiger partial charge in [-0.1, -0.05) is 37.6 Å². The molecule has 0 saturated carbocycles. The van der Waals surface area contributed by atoms with Gasteiger partial charge in [0.15, 0.2) is 6.61 Å². The third kappa shape index (κ3) is 6.57. The number of ether oxygens (including phenoxy) is 2. The van der Waals surface area contributed by atoms with Crippen LogP contribution in [0.3, 0.4) is 0 Å². The van der Waals surface area contributed by atoms with Crippen LogP contribution in [0.4, 0.5) is 4.79 Å². The Morgan fingerprint density at radius 2 is 2.03 bits per heavy atom. The second-order valence-electron chi connectivity index (χ2n) is 7.43. The van der Waals surface area contributed by atoms with E-state index in [1.807, 2.05) is 25.1 Å². The number of benzene rings is 1. The van der Waals surface area contributed by atoms with Gasteiger partial charge in [0.25, 0.3) is 5.91 Å². The van der Waals surface area contributed by atoms with Crippen LogP contribution >= 0.6 is 0 Å². The van der Waals surface area contributed by atoms with Gasteiger partial charge in [-0.25, -0.2) is 4.79 Å². The molecule has 1 aromatic rings. The van der Waals surface area contributed by atoms with E-state index in [1.165, 1.54) is 13.2 Å². The molecule has 4 amide bonds. The summed E-state index contributed by atoms with van der Waals surface area (Å²) >= 11 is 0. The van der Waals surface area contributed by atoms with Crippen molar-refractivity contribution >= 4 is 23.8 Å². The summed E-state index contributed by atoms with van der Waals surface area (Å²) in [6.07, 6.45) is 3.67. The van der Waals surface area contributed by atoms with Crippen molar-refractivity contribution < 1.29 is 28.7 Å². The van der Waals surface area contributed by atoms with Gasteiger partial charge in [-0.3, -0.25) is 19.7 Å². The van der Waals surface area contributed by atoms with Crippen LogP contribution in [0.5, 0.6) is 5.75 Å². The Morgan fingerprint density at radius 1 is 1.28 bits per heavy atom. The molecule has 32 heavy (non-hydrogen) atoms. The molecule has 0 radical (unpaired) electrons. The molecule has 2 rings (SSSR count). The zero-order chi connectivity index (χ0) is 23.5. The molecule has 0 spiro atoms. The van der Waals surface area contributed by atoms with Crippen LogP contribution in [0.2, 0.25) is 0 Å². The molecule has 1 heterocycles. The molecule has 9 nitrogen and oxygen atoms in total. The number of para-hydroxylation sites is 1. The zero-order valence-electron chi connectivity index (χ0n) is 18.6. The van der Waals surface area contributed by atoms with Crippen molar-refractivity contribution in [3.63, 3.8) is 0 Å². The molecule has 1 aliphatic heterocycles. The minimum Gasteiger partial charge on any atom is -0.496 e. The maximum atomic E-state index is 13.0. The Bertz CT molecular complexity index is 841. The number of hydrogen-bond acceptors (Lipinski definition) is 6. The van der Waals surface area contributed by atoms with Gasteiger partial charge in [0, 0.05) is 25.1 Å². The number of imide groups is 1. The van der Waals surface area contributed by atoms with Gasteiger partial charge >= 0.3 is 12.0 Å². The third-order valence-electron chi connectivity index (χ3n) is 5.22. The van der Waals surface area contributed by atoms with Gasteiger partial charge in [0.1, 0.15) is 5.75 Å². The Morgan fingerprint density at radius 3 is 2.72 bits per heavy atom. The summed E-state index contributed by atoms with van der Waals surface area (Å²) in [5.41, 5.74) is 0.717. The maximum Gasteiger partial charge on any atom is 0.321 e. The van der Waals surface area contributed by atoms with Crippen molar-refractivity contribution in [1.29, 1.82) is 0 Å². The van der Waals surface area contributed by atoms with Crippen molar-refractivity contribution in [3.05, 3.63) is 42.5 Å². The van der Waals surface area contributed by atoms with Gasteiger partial charge in [-0.05, 0) is 18.9 Å². The first-order valence-electron chi connectivity index (χ1n) is 10.7. The fourth-order valence-electron chi connectivity index (χ4n) is 3.70. The molecule has 0 bridgehead atoms. The molecule has 0 aliphatic carbocycles. The van der Waals surface area contributed by atoms with Crippen LogP contribution < -0.4 is 15.4 Å². The maximum absolute atomic E-state index is 13.0. The molecule has 1 saturated heterocycles. The quantitative estimate of drug-likeness (QED) is 0.422. The predicted molar refractivity (Wildman–Crippen MR) is 118 cm³/mol. The monoisotopic (exact) mass is 445 g/mol. The average molecular weight is 446 g/mol. The number of methoxy groups -OCH3 is 1. The lowest BCUT2D eigenvalue weighted by atomic mass is 9.83. The second-order valence-corrected chi connectivity index (χ2v) is 7.43. The van der Waals surface area contributed by atoms with Gasteiger partial charge in [-0.2, -0.15) is 0 Å². The molecule has 1 aromatic carbocycles. The van der Waals surface area contributed by atoms with Gasteiger partial charge in [0.2, 0.25) is 5.91 Å². The summed E-state index contributed by atoms with van der Waals surface area (Å²) in [5, 5.41) is 4.48. The van der Waals surface area contributed by atoms with Crippen LogP contribution in [0.15, 0.2) is 36.9 Å². The van der Waals surface area contributed by atoms with Gasteiger partial charge in [-0.15, -0.1) is 6.58 Å². The standard InChI is InChI=1S/C23H31N3O6/c1-4-6-14-26-20(28)12-11-17(21(26)16-9-7-8-10-18(16)31-3)22(29)32-15-19(27)25-23(30)24-13-5-2/h5,7-10,17,21H,2,4,6,11-15H2,1,3H3,(H2,24,25,27,30). The van der Waals surface area contributed by atoms with E-state index in [0.717, 1.165) is 12.8 Å². The lowest BCUT2D eigenvalue weighted by Gasteiger charge is -2.40. The minimum absolute atomic E-state index is 0.0324. The predicted octanol–water partition coefficient (Wildman–Crippen LogP) is 2.33. The first-order chi connectivity index (χ1) is 15.4. The molecule has 2 unspecified atom stereocenters. The molecule has 1 fully saturated rings. The Labute approximate surface area is 188 Å². The van der Waals surface area contributed by atoms with Crippen LogP contribution in [0.25, 0.3) is 0 Å². The number of rotatable bonds is 10. The Hall–Kier alpha value is -3.36. The first-order valence-corrected chi connectivity index (χ1v) is 10.7. The summed E-state index contributed by atoms with van der Waals surface area (Å²) in [6, 6.07) is 5.99. The van der Waals surface area contributed by atoms with Crippen molar-refractivity contribution in [2.75, 3.05) is 26.8 Å². The highest BCUT2D eigenvalue weighted by Crippen LogP contribution is 2.41. The highest BCUT2D eigenvalue weighted by Gasteiger charge is 2.42. The molecule has 9 heteroatoms. The minimum atomic E-state index is -0.747. The van der Waals surface area contributed by atoms with E-state index in [9.17, 15) is 19.2 Å². The van der Waals surface area contributed by atoms with E-state index in [-0.39, 0.29) is 18.9 Å². The highest BCUT2D eigenvalue weighted by atomic mass is 16.5. The Kier molecular flexibility index (Phi) is 9.72. The smallest absolute Gasteiger partial charge is 0.321 e. The highest BCUT2D eigenvalue weighted by molar-refractivity contribution is 5.95. The fourth-order valence-corrected chi connectivity index (χ4v) is 3.70. The molecular weight excluding hydrogens is 414 g/mol. The zero-order valence-corrected chi connectivity index (χ0v) is 18.6. The number of amides is 4. The number of nitrogens with zero attached hydrogens (tertiary/aromatic N) is 1. The molecule has 0 aromatic heterocycles. The fraction of sp³-hybridized carbons (Fsp3) is 0.478. The molecule has 2 atom stereocenters. The van der Waals surface area contributed by atoms with E-state index in [2.05, 4.69) is 17.2 Å². The van der Waals surface area contributed by atoms with Crippen molar-refractivity contribution in [1.82, 2.24) is 15.5 Å². The normalized spacial score (nSPS) is 17.9. The topological polar surface area (TPSA) is 114 Å². The van der Waals surface area contributed by atoms with E-state index in [1.54, 1.807) is 11.0 Å². The number of carbonyl (C=O) groups is 4.